The summed E-state index contributed by atoms with van der Waals surface area (Å²) in [6.07, 6.45) is 0.831. The zero-order valence-corrected chi connectivity index (χ0v) is 16.1. The molecule has 1 saturated heterocycles. The van der Waals surface area contributed by atoms with E-state index in [1.807, 2.05) is 32.0 Å². The van der Waals surface area contributed by atoms with Crippen LogP contribution in [-0.4, -0.2) is 30.1 Å². The van der Waals surface area contributed by atoms with Crippen LogP contribution < -0.4 is 0 Å². The standard InChI is InChI=1S/C19H23ClN2O2S/c1-15-4-5-16(2)18(12-15)14-22-11-3-10-21(25(22,23)24)13-17-6-8-19(20)9-7-17/h4-9,12H,3,10-11,13-14H2,1-2H3. The Balaban J connectivity index is 1.79. The molecule has 0 saturated carbocycles. The first-order chi connectivity index (χ1) is 11.9. The molecule has 0 unspecified atom stereocenters. The molecule has 0 aromatic heterocycles. The normalized spacial score (nSPS) is 18.4. The van der Waals surface area contributed by atoms with E-state index in [2.05, 4.69) is 12.1 Å². The van der Waals surface area contributed by atoms with Gasteiger partial charge in [-0.1, -0.05) is 47.5 Å². The predicted octanol–water partition coefficient (Wildman–Crippen LogP) is 3.91. The van der Waals surface area contributed by atoms with Gasteiger partial charge in [0.15, 0.2) is 0 Å². The largest absolute Gasteiger partial charge is 0.282 e. The summed E-state index contributed by atoms with van der Waals surface area (Å²) in [6, 6.07) is 13.5. The molecule has 0 spiro atoms. The van der Waals surface area contributed by atoms with Crippen LogP contribution in [0.2, 0.25) is 5.02 Å². The summed E-state index contributed by atoms with van der Waals surface area (Å²) in [4.78, 5) is 0. The number of benzene rings is 2. The number of rotatable bonds is 4. The van der Waals surface area contributed by atoms with E-state index in [0.717, 1.165) is 28.7 Å². The van der Waals surface area contributed by atoms with E-state index >= 15 is 0 Å². The summed E-state index contributed by atoms with van der Waals surface area (Å²) in [5, 5.41) is 0.654. The van der Waals surface area contributed by atoms with Gasteiger partial charge >= 0.3 is 0 Å². The summed E-state index contributed by atoms with van der Waals surface area (Å²) in [5.74, 6) is 0. The summed E-state index contributed by atoms with van der Waals surface area (Å²) < 4.78 is 29.2. The van der Waals surface area contributed by atoms with Gasteiger partial charge in [-0.3, -0.25) is 0 Å². The smallest absolute Gasteiger partial charge is 0.195 e. The molecule has 4 nitrogen and oxygen atoms in total. The van der Waals surface area contributed by atoms with Crippen molar-refractivity contribution in [1.82, 2.24) is 8.61 Å². The summed E-state index contributed by atoms with van der Waals surface area (Å²) in [5.41, 5.74) is 4.28. The second-order valence-corrected chi connectivity index (χ2v) is 8.95. The van der Waals surface area contributed by atoms with Crippen LogP contribution >= 0.6 is 11.6 Å². The quantitative estimate of drug-likeness (QED) is 0.809. The van der Waals surface area contributed by atoms with E-state index < -0.39 is 10.2 Å². The SMILES string of the molecule is Cc1ccc(C)c(CN2CCCN(Cc3ccc(Cl)cc3)S2(=O)=O)c1. The van der Waals surface area contributed by atoms with Gasteiger partial charge in [0, 0.05) is 31.2 Å². The molecule has 2 aromatic rings. The van der Waals surface area contributed by atoms with Crippen molar-refractivity contribution in [3.05, 3.63) is 69.7 Å². The Morgan fingerprint density at radius 3 is 2.28 bits per heavy atom. The molecule has 0 N–H and O–H groups in total. The Morgan fingerprint density at radius 2 is 1.60 bits per heavy atom. The maximum Gasteiger partial charge on any atom is 0.282 e. The first-order valence-electron chi connectivity index (χ1n) is 8.42. The van der Waals surface area contributed by atoms with Crippen molar-refractivity contribution in [2.75, 3.05) is 13.1 Å². The van der Waals surface area contributed by atoms with Crippen molar-refractivity contribution in [2.24, 2.45) is 0 Å². The van der Waals surface area contributed by atoms with Crippen LogP contribution in [0.5, 0.6) is 0 Å². The van der Waals surface area contributed by atoms with Crippen molar-refractivity contribution in [2.45, 2.75) is 33.4 Å². The average molecular weight is 379 g/mol. The fourth-order valence-electron chi connectivity index (χ4n) is 3.09. The fraction of sp³-hybridized carbons (Fsp3) is 0.368. The molecule has 3 rings (SSSR count). The van der Waals surface area contributed by atoms with Crippen LogP contribution in [0.15, 0.2) is 42.5 Å². The third kappa shape index (κ3) is 4.23. The van der Waals surface area contributed by atoms with E-state index in [-0.39, 0.29) is 0 Å². The minimum absolute atomic E-state index is 0.378. The lowest BCUT2D eigenvalue weighted by molar-refractivity contribution is 0.275. The summed E-state index contributed by atoms with van der Waals surface area (Å²) in [7, 11) is -3.47. The van der Waals surface area contributed by atoms with E-state index in [0.29, 0.717) is 31.2 Å². The summed E-state index contributed by atoms with van der Waals surface area (Å²) in [6.45, 7) is 5.97. The van der Waals surface area contributed by atoms with Gasteiger partial charge in [0.1, 0.15) is 0 Å². The molecule has 0 radical (unpaired) electrons. The Hall–Kier alpha value is -1.40. The molecule has 0 atom stereocenters. The third-order valence-electron chi connectivity index (χ3n) is 4.59. The highest BCUT2D eigenvalue weighted by Gasteiger charge is 2.33. The van der Waals surface area contributed by atoms with Gasteiger partial charge in [-0.15, -0.1) is 0 Å². The number of nitrogens with zero attached hydrogens (tertiary/aromatic N) is 2. The van der Waals surface area contributed by atoms with Crippen LogP contribution in [0, 0.1) is 13.8 Å². The van der Waals surface area contributed by atoms with Gasteiger partial charge in [0.25, 0.3) is 10.2 Å². The molecule has 0 bridgehead atoms. The molecule has 1 aliphatic rings. The molecule has 0 aliphatic carbocycles. The van der Waals surface area contributed by atoms with Gasteiger partial charge in [-0.05, 0) is 49.1 Å². The molecule has 2 aromatic carbocycles. The van der Waals surface area contributed by atoms with Crippen LogP contribution in [0.25, 0.3) is 0 Å². The lowest BCUT2D eigenvalue weighted by Gasteiger charge is -2.35. The highest BCUT2D eigenvalue weighted by Crippen LogP contribution is 2.23. The molecule has 134 valence electrons. The van der Waals surface area contributed by atoms with Crippen molar-refractivity contribution < 1.29 is 8.42 Å². The van der Waals surface area contributed by atoms with Gasteiger partial charge in [-0.25, -0.2) is 0 Å². The van der Waals surface area contributed by atoms with Crippen molar-refractivity contribution in [3.63, 3.8) is 0 Å². The topological polar surface area (TPSA) is 40.6 Å². The molecular formula is C19H23ClN2O2S. The van der Waals surface area contributed by atoms with Crippen molar-refractivity contribution >= 4 is 21.8 Å². The Kier molecular flexibility index (Phi) is 5.49. The second-order valence-electron chi connectivity index (χ2n) is 6.58. The molecule has 1 aliphatic heterocycles. The van der Waals surface area contributed by atoms with Crippen LogP contribution in [-0.2, 0) is 23.3 Å². The van der Waals surface area contributed by atoms with Gasteiger partial charge in [0.2, 0.25) is 0 Å². The Labute approximate surface area is 155 Å². The van der Waals surface area contributed by atoms with Gasteiger partial charge in [0.05, 0.1) is 0 Å². The van der Waals surface area contributed by atoms with Crippen molar-refractivity contribution in [1.29, 1.82) is 0 Å². The first-order valence-corrected chi connectivity index (χ1v) is 10.2. The maximum absolute atomic E-state index is 13.0. The lowest BCUT2D eigenvalue weighted by atomic mass is 10.1. The van der Waals surface area contributed by atoms with Gasteiger partial charge < -0.3 is 0 Å². The van der Waals surface area contributed by atoms with Crippen LogP contribution in [0.1, 0.15) is 28.7 Å². The molecular weight excluding hydrogens is 356 g/mol. The molecule has 0 amide bonds. The van der Waals surface area contributed by atoms with E-state index in [4.69, 9.17) is 11.6 Å². The molecule has 1 heterocycles. The fourth-order valence-corrected chi connectivity index (χ4v) is 4.88. The van der Waals surface area contributed by atoms with Crippen LogP contribution in [0.4, 0.5) is 0 Å². The van der Waals surface area contributed by atoms with E-state index in [1.165, 1.54) is 0 Å². The Morgan fingerprint density at radius 1 is 0.960 bits per heavy atom. The van der Waals surface area contributed by atoms with Gasteiger partial charge in [-0.2, -0.15) is 17.0 Å². The zero-order valence-electron chi connectivity index (χ0n) is 14.6. The number of aryl methyl sites for hydroxylation is 2. The lowest BCUT2D eigenvalue weighted by Crippen LogP contribution is -2.48. The van der Waals surface area contributed by atoms with E-state index in [1.54, 1.807) is 20.7 Å². The number of hydrogen-bond acceptors (Lipinski definition) is 2. The summed E-state index contributed by atoms with van der Waals surface area (Å²) >= 11 is 5.91. The number of hydrogen-bond donors (Lipinski definition) is 0. The van der Waals surface area contributed by atoms with E-state index in [9.17, 15) is 8.42 Å². The average Bonchev–Trinajstić information content (AvgIpc) is 2.56. The maximum atomic E-state index is 13.0. The third-order valence-corrected chi connectivity index (χ3v) is 6.77. The second kappa shape index (κ2) is 7.46. The minimum atomic E-state index is -3.47. The molecule has 1 fully saturated rings. The first kappa shape index (κ1) is 18.4. The highest BCUT2D eigenvalue weighted by atomic mass is 35.5. The zero-order chi connectivity index (χ0) is 18.0. The molecule has 6 heteroatoms. The van der Waals surface area contributed by atoms with Crippen LogP contribution in [0.3, 0.4) is 0 Å². The predicted molar refractivity (Wildman–Crippen MR) is 102 cm³/mol. The highest BCUT2D eigenvalue weighted by molar-refractivity contribution is 7.86. The molecule has 25 heavy (non-hydrogen) atoms. The Bertz CT molecular complexity index is 850. The number of halogens is 1. The monoisotopic (exact) mass is 378 g/mol. The minimum Gasteiger partial charge on any atom is -0.195 e. The van der Waals surface area contributed by atoms with Crippen molar-refractivity contribution in [3.8, 4) is 0 Å².